The van der Waals surface area contributed by atoms with E-state index in [1.54, 1.807) is 24.3 Å². The van der Waals surface area contributed by atoms with Gasteiger partial charge < -0.3 is 9.64 Å². The SMILES string of the molecule is COc1cccc(-c2nnn([C@@H]3CCN(CC(F)(F)F)C3=O)n2)c1. The highest BCUT2D eigenvalue weighted by Crippen LogP contribution is 2.27. The number of ether oxygens (including phenoxy) is 1. The average molecular weight is 341 g/mol. The zero-order valence-corrected chi connectivity index (χ0v) is 12.7. The molecule has 10 heteroatoms. The van der Waals surface area contributed by atoms with Crippen LogP contribution in [0.25, 0.3) is 11.4 Å². The van der Waals surface area contributed by atoms with Gasteiger partial charge in [0.05, 0.1) is 7.11 Å². The summed E-state index contributed by atoms with van der Waals surface area (Å²) in [4.78, 5) is 13.9. The summed E-state index contributed by atoms with van der Waals surface area (Å²) in [5.74, 6) is 0.232. The van der Waals surface area contributed by atoms with Gasteiger partial charge in [-0.1, -0.05) is 12.1 Å². The molecule has 1 amide bonds. The van der Waals surface area contributed by atoms with Crippen LogP contribution in [-0.4, -0.2) is 57.4 Å². The minimum Gasteiger partial charge on any atom is -0.497 e. The molecule has 0 spiro atoms. The smallest absolute Gasteiger partial charge is 0.406 e. The van der Waals surface area contributed by atoms with Gasteiger partial charge in [0.2, 0.25) is 11.7 Å². The highest BCUT2D eigenvalue weighted by Gasteiger charge is 2.41. The molecule has 0 unspecified atom stereocenters. The average Bonchev–Trinajstić information content (AvgIpc) is 3.14. The number of amides is 1. The molecular formula is C14H14F3N5O2. The Morgan fingerprint density at radius 3 is 2.88 bits per heavy atom. The number of hydrogen-bond acceptors (Lipinski definition) is 5. The molecule has 0 N–H and O–H groups in total. The van der Waals surface area contributed by atoms with Gasteiger partial charge in [-0.25, -0.2) is 0 Å². The first-order valence-electron chi connectivity index (χ1n) is 7.17. The molecule has 1 aliphatic heterocycles. The Kier molecular flexibility index (Phi) is 4.12. The summed E-state index contributed by atoms with van der Waals surface area (Å²) in [6, 6.07) is 6.09. The summed E-state index contributed by atoms with van der Waals surface area (Å²) >= 11 is 0. The summed E-state index contributed by atoms with van der Waals surface area (Å²) in [5, 5.41) is 11.8. The summed E-state index contributed by atoms with van der Waals surface area (Å²) < 4.78 is 42.5. The van der Waals surface area contributed by atoms with Gasteiger partial charge in [0.25, 0.3) is 0 Å². The topological polar surface area (TPSA) is 73.1 Å². The van der Waals surface area contributed by atoms with E-state index in [9.17, 15) is 18.0 Å². The van der Waals surface area contributed by atoms with E-state index in [1.807, 2.05) is 0 Å². The fourth-order valence-electron chi connectivity index (χ4n) is 2.55. The number of carbonyl (C=O) groups excluding carboxylic acids is 1. The van der Waals surface area contributed by atoms with E-state index in [0.29, 0.717) is 11.3 Å². The minimum absolute atomic E-state index is 0.0129. The molecule has 128 valence electrons. The van der Waals surface area contributed by atoms with Crippen molar-refractivity contribution in [1.82, 2.24) is 25.1 Å². The number of rotatable bonds is 4. The van der Waals surface area contributed by atoms with E-state index in [4.69, 9.17) is 4.74 Å². The first-order chi connectivity index (χ1) is 11.4. The van der Waals surface area contributed by atoms with Crippen molar-refractivity contribution in [3.05, 3.63) is 24.3 Å². The van der Waals surface area contributed by atoms with Crippen molar-refractivity contribution in [2.75, 3.05) is 20.2 Å². The van der Waals surface area contributed by atoms with E-state index in [2.05, 4.69) is 15.4 Å². The second kappa shape index (κ2) is 6.10. The Morgan fingerprint density at radius 2 is 2.17 bits per heavy atom. The lowest BCUT2D eigenvalue weighted by atomic mass is 10.2. The van der Waals surface area contributed by atoms with Crippen LogP contribution in [0.15, 0.2) is 24.3 Å². The maximum absolute atomic E-state index is 12.5. The van der Waals surface area contributed by atoms with Gasteiger partial charge in [-0.15, -0.1) is 10.2 Å². The third-order valence-corrected chi connectivity index (χ3v) is 3.67. The molecule has 1 saturated heterocycles. The lowest BCUT2D eigenvalue weighted by molar-refractivity contribution is -0.158. The fraction of sp³-hybridized carbons (Fsp3) is 0.429. The quantitative estimate of drug-likeness (QED) is 0.846. The number of tetrazole rings is 1. The Labute approximate surface area is 135 Å². The van der Waals surface area contributed by atoms with Gasteiger partial charge in [-0.05, 0) is 23.8 Å². The zero-order valence-electron chi connectivity index (χ0n) is 12.7. The fourth-order valence-corrected chi connectivity index (χ4v) is 2.55. The molecule has 0 radical (unpaired) electrons. The summed E-state index contributed by atoms with van der Waals surface area (Å²) in [6.07, 6.45) is -4.21. The number of alkyl halides is 3. The molecular weight excluding hydrogens is 327 g/mol. The number of halogens is 3. The van der Waals surface area contributed by atoms with Crippen LogP contribution in [0.3, 0.4) is 0 Å². The number of benzene rings is 1. The number of hydrogen-bond donors (Lipinski definition) is 0. The Hall–Kier alpha value is -2.65. The molecule has 1 aliphatic rings. The molecule has 1 aromatic carbocycles. The Balaban J connectivity index is 1.77. The molecule has 1 atom stereocenters. The van der Waals surface area contributed by atoms with E-state index < -0.39 is 24.7 Å². The van der Waals surface area contributed by atoms with Gasteiger partial charge >= 0.3 is 6.18 Å². The van der Waals surface area contributed by atoms with Crippen molar-refractivity contribution in [3.8, 4) is 17.1 Å². The molecule has 7 nitrogen and oxygen atoms in total. The normalized spacial score (nSPS) is 18.2. The monoisotopic (exact) mass is 341 g/mol. The number of carbonyl (C=O) groups is 1. The molecule has 0 saturated carbocycles. The van der Waals surface area contributed by atoms with Gasteiger partial charge in [-0.2, -0.15) is 18.0 Å². The van der Waals surface area contributed by atoms with E-state index >= 15 is 0 Å². The predicted octanol–water partition coefficient (Wildman–Crippen LogP) is 1.68. The lowest BCUT2D eigenvalue weighted by Crippen LogP contribution is -2.37. The van der Waals surface area contributed by atoms with Gasteiger partial charge in [0.1, 0.15) is 12.3 Å². The molecule has 0 aliphatic carbocycles. The van der Waals surface area contributed by atoms with Crippen molar-refractivity contribution >= 4 is 5.91 Å². The van der Waals surface area contributed by atoms with E-state index in [-0.39, 0.29) is 18.8 Å². The Morgan fingerprint density at radius 1 is 1.38 bits per heavy atom. The van der Waals surface area contributed by atoms with Crippen LogP contribution in [0.4, 0.5) is 13.2 Å². The van der Waals surface area contributed by atoms with E-state index in [1.165, 1.54) is 7.11 Å². The number of likely N-dealkylation sites (tertiary alicyclic amines) is 1. The van der Waals surface area contributed by atoms with Crippen LogP contribution in [0.5, 0.6) is 5.75 Å². The second-order valence-electron chi connectivity index (χ2n) is 5.34. The molecule has 24 heavy (non-hydrogen) atoms. The molecule has 2 aromatic rings. The van der Waals surface area contributed by atoms with Crippen LogP contribution in [0, 0.1) is 0 Å². The summed E-state index contributed by atoms with van der Waals surface area (Å²) in [7, 11) is 1.52. The summed E-state index contributed by atoms with van der Waals surface area (Å²) in [6.45, 7) is -1.25. The largest absolute Gasteiger partial charge is 0.497 e. The predicted molar refractivity (Wildman–Crippen MR) is 76.1 cm³/mol. The first kappa shape index (κ1) is 16.2. The maximum Gasteiger partial charge on any atom is 0.406 e. The third kappa shape index (κ3) is 3.31. The molecule has 2 heterocycles. The van der Waals surface area contributed by atoms with Crippen LogP contribution >= 0.6 is 0 Å². The standard InChI is InChI=1S/C14H14F3N5O2/c1-24-10-4-2-3-9(7-10)12-18-20-22(19-12)11-5-6-21(13(11)23)8-14(15,16)17/h2-4,7,11H,5-6,8H2,1H3/t11-/m1/s1. The number of aromatic nitrogens is 4. The molecule has 3 rings (SSSR count). The van der Waals surface area contributed by atoms with Gasteiger partial charge in [0.15, 0.2) is 6.04 Å². The van der Waals surface area contributed by atoms with Crippen LogP contribution in [-0.2, 0) is 4.79 Å². The van der Waals surface area contributed by atoms with Crippen LogP contribution in [0.1, 0.15) is 12.5 Å². The molecule has 1 fully saturated rings. The van der Waals surface area contributed by atoms with Crippen LogP contribution in [0.2, 0.25) is 0 Å². The first-order valence-corrected chi connectivity index (χ1v) is 7.17. The molecule has 0 bridgehead atoms. The van der Waals surface area contributed by atoms with Gasteiger partial charge in [0, 0.05) is 12.1 Å². The minimum atomic E-state index is -4.42. The second-order valence-corrected chi connectivity index (χ2v) is 5.34. The third-order valence-electron chi connectivity index (χ3n) is 3.67. The van der Waals surface area contributed by atoms with Gasteiger partial charge in [-0.3, -0.25) is 4.79 Å². The van der Waals surface area contributed by atoms with Crippen molar-refractivity contribution in [2.24, 2.45) is 0 Å². The van der Waals surface area contributed by atoms with Crippen molar-refractivity contribution in [1.29, 1.82) is 0 Å². The van der Waals surface area contributed by atoms with Crippen LogP contribution < -0.4 is 4.74 Å². The maximum atomic E-state index is 12.5. The van der Waals surface area contributed by atoms with Crippen molar-refractivity contribution < 1.29 is 22.7 Å². The summed E-state index contributed by atoms with van der Waals surface area (Å²) in [5.41, 5.74) is 0.637. The number of nitrogens with zero attached hydrogens (tertiary/aromatic N) is 5. The van der Waals surface area contributed by atoms with Crippen molar-refractivity contribution in [2.45, 2.75) is 18.6 Å². The lowest BCUT2D eigenvalue weighted by Gasteiger charge is -2.17. The van der Waals surface area contributed by atoms with E-state index in [0.717, 1.165) is 9.70 Å². The molecule has 1 aromatic heterocycles. The highest BCUT2D eigenvalue weighted by atomic mass is 19.4. The number of methoxy groups -OCH3 is 1. The highest BCUT2D eigenvalue weighted by molar-refractivity contribution is 5.82. The van der Waals surface area contributed by atoms with Crippen molar-refractivity contribution in [3.63, 3.8) is 0 Å². The Bertz CT molecular complexity index is 746. The zero-order chi connectivity index (χ0) is 17.3.